The SMILES string of the molecule is CNC1CCN(C2CC(C)(C)C2)CC1. The second kappa shape index (κ2) is 3.82. The molecule has 0 atom stereocenters. The summed E-state index contributed by atoms with van der Waals surface area (Å²) in [6.07, 6.45) is 5.51. The highest BCUT2D eigenvalue weighted by Crippen LogP contribution is 2.43. The van der Waals surface area contributed by atoms with Crippen molar-refractivity contribution in [3.8, 4) is 0 Å². The molecule has 0 spiro atoms. The Kier molecular flexibility index (Phi) is 2.85. The molecule has 14 heavy (non-hydrogen) atoms. The van der Waals surface area contributed by atoms with E-state index < -0.39 is 0 Å². The quantitative estimate of drug-likeness (QED) is 0.725. The summed E-state index contributed by atoms with van der Waals surface area (Å²) < 4.78 is 0. The summed E-state index contributed by atoms with van der Waals surface area (Å²) >= 11 is 0. The lowest BCUT2D eigenvalue weighted by molar-refractivity contribution is 0.0107. The van der Waals surface area contributed by atoms with Crippen molar-refractivity contribution in [2.45, 2.75) is 51.6 Å². The maximum absolute atomic E-state index is 3.39. The summed E-state index contributed by atoms with van der Waals surface area (Å²) in [6, 6.07) is 1.68. The van der Waals surface area contributed by atoms with Crippen molar-refractivity contribution < 1.29 is 0 Å². The molecule has 0 unspecified atom stereocenters. The van der Waals surface area contributed by atoms with Crippen molar-refractivity contribution in [3.05, 3.63) is 0 Å². The first-order valence-electron chi connectivity index (χ1n) is 6.02. The van der Waals surface area contributed by atoms with Crippen LogP contribution in [0.2, 0.25) is 0 Å². The minimum Gasteiger partial charge on any atom is -0.317 e. The molecule has 82 valence electrons. The van der Waals surface area contributed by atoms with E-state index in [2.05, 4.69) is 31.1 Å². The Morgan fingerprint density at radius 2 is 1.71 bits per heavy atom. The molecule has 0 aromatic heterocycles. The minimum atomic E-state index is 0.629. The van der Waals surface area contributed by atoms with E-state index in [1.54, 1.807) is 0 Å². The van der Waals surface area contributed by atoms with E-state index in [-0.39, 0.29) is 0 Å². The largest absolute Gasteiger partial charge is 0.317 e. The second-order valence-corrected chi connectivity index (χ2v) is 5.83. The van der Waals surface area contributed by atoms with Crippen LogP contribution in [0.25, 0.3) is 0 Å². The van der Waals surface area contributed by atoms with Gasteiger partial charge >= 0.3 is 0 Å². The molecule has 0 aromatic rings. The Balaban J connectivity index is 1.74. The molecule has 1 saturated heterocycles. The highest BCUT2D eigenvalue weighted by Gasteiger charge is 2.39. The van der Waals surface area contributed by atoms with Crippen molar-refractivity contribution >= 4 is 0 Å². The van der Waals surface area contributed by atoms with Crippen LogP contribution in [0.1, 0.15) is 39.5 Å². The van der Waals surface area contributed by atoms with Crippen molar-refractivity contribution in [1.82, 2.24) is 10.2 Å². The molecule has 2 fully saturated rings. The van der Waals surface area contributed by atoms with Crippen LogP contribution in [0.4, 0.5) is 0 Å². The molecule has 0 aromatic carbocycles. The van der Waals surface area contributed by atoms with Crippen molar-refractivity contribution in [3.63, 3.8) is 0 Å². The number of rotatable bonds is 2. The average Bonchev–Trinajstić information content (AvgIpc) is 2.14. The van der Waals surface area contributed by atoms with E-state index in [1.807, 2.05) is 0 Å². The van der Waals surface area contributed by atoms with Crippen molar-refractivity contribution in [2.75, 3.05) is 20.1 Å². The van der Waals surface area contributed by atoms with Crippen LogP contribution < -0.4 is 5.32 Å². The molecule has 2 heteroatoms. The standard InChI is InChI=1S/C12H24N2/c1-12(2)8-11(9-12)14-6-4-10(13-3)5-7-14/h10-11,13H,4-9H2,1-3H3. The first-order chi connectivity index (χ1) is 6.61. The molecule has 1 aliphatic carbocycles. The Hall–Kier alpha value is -0.0800. The molecule has 0 radical (unpaired) electrons. The average molecular weight is 196 g/mol. The Bertz CT molecular complexity index is 184. The predicted molar refractivity (Wildman–Crippen MR) is 60.5 cm³/mol. The fourth-order valence-corrected chi connectivity index (χ4v) is 3.03. The number of hydrogen-bond donors (Lipinski definition) is 1. The zero-order valence-electron chi connectivity index (χ0n) is 9.84. The van der Waals surface area contributed by atoms with Gasteiger partial charge in [-0.05, 0) is 51.2 Å². The van der Waals surface area contributed by atoms with Gasteiger partial charge in [-0.25, -0.2) is 0 Å². The van der Waals surface area contributed by atoms with Crippen molar-refractivity contribution in [2.24, 2.45) is 5.41 Å². The molecule has 0 amide bonds. The smallest absolute Gasteiger partial charge is 0.0105 e. The molecule has 1 saturated carbocycles. The van der Waals surface area contributed by atoms with Gasteiger partial charge in [-0.2, -0.15) is 0 Å². The summed E-state index contributed by atoms with van der Waals surface area (Å²) in [5.41, 5.74) is 0.629. The van der Waals surface area contributed by atoms with Gasteiger partial charge in [0.15, 0.2) is 0 Å². The van der Waals surface area contributed by atoms with E-state index in [4.69, 9.17) is 0 Å². The summed E-state index contributed by atoms with van der Waals surface area (Å²) in [7, 11) is 2.09. The van der Waals surface area contributed by atoms with Crippen LogP contribution in [-0.4, -0.2) is 37.1 Å². The van der Waals surface area contributed by atoms with Crippen molar-refractivity contribution in [1.29, 1.82) is 0 Å². The number of nitrogens with one attached hydrogen (secondary N) is 1. The summed E-state index contributed by atoms with van der Waals surface area (Å²) in [4.78, 5) is 2.71. The monoisotopic (exact) mass is 196 g/mol. The maximum atomic E-state index is 3.39. The third-order valence-electron chi connectivity index (χ3n) is 4.03. The zero-order chi connectivity index (χ0) is 10.2. The number of hydrogen-bond acceptors (Lipinski definition) is 2. The van der Waals surface area contributed by atoms with Crippen LogP contribution >= 0.6 is 0 Å². The van der Waals surface area contributed by atoms with E-state index in [0.717, 1.165) is 12.1 Å². The van der Waals surface area contributed by atoms with E-state index >= 15 is 0 Å². The molecule has 1 heterocycles. The van der Waals surface area contributed by atoms with E-state index in [1.165, 1.54) is 38.8 Å². The molecular formula is C12H24N2. The Labute approximate surface area is 88.1 Å². The minimum absolute atomic E-state index is 0.629. The second-order valence-electron chi connectivity index (χ2n) is 5.83. The fraction of sp³-hybridized carbons (Fsp3) is 1.00. The van der Waals surface area contributed by atoms with Gasteiger partial charge in [-0.1, -0.05) is 13.8 Å². The van der Waals surface area contributed by atoms with Crippen LogP contribution in [0.15, 0.2) is 0 Å². The number of piperidine rings is 1. The van der Waals surface area contributed by atoms with Gasteiger partial charge in [-0.15, -0.1) is 0 Å². The molecule has 0 bridgehead atoms. The lowest BCUT2D eigenvalue weighted by atomic mass is 9.67. The van der Waals surface area contributed by atoms with Crippen LogP contribution in [-0.2, 0) is 0 Å². The summed E-state index contributed by atoms with van der Waals surface area (Å²) in [5.74, 6) is 0. The van der Waals surface area contributed by atoms with Gasteiger partial charge in [-0.3, -0.25) is 0 Å². The van der Waals surface area contributed by atoms with Gasteiger partial charge in [0, 0.05) is 12.1 Å². The lowest BCUT2D eigenvalue weighted by Gasteiger charge is -2.50. The summed E-state index contributed by atoms with van der Waals surface area (Å²) in [5, 5.41) is 3.39. The highest BCUT2D eigenvalue weighted by molar-refractivity contribution is 4.94. The Morgan fingerprint density at radius 3 is 2.14 bits per heavy atom. The molecule has 2 aliphatic rings. The first kappa shape index (κ1) is 10.4. The third-order valence-corrected chi connectivity index (χ3v) is 4.03. The third kappa shape index (κ3) is 2.12. The summed E-state index contributed by atoms with van der Waals surface area (Å²) in [6.45, 7) is 7.41. The van der Waals surface area contributed by atoms with Gasteiger partial charge in [0.1, 0.15) is 0 Å². The number of likely N-dealkylation sites (tertiary alicyclic amines) is 1. The highest BCUT2D eigenvalue weighted by atomic mass is 15.2. The van der Waals surface area contributed by atoms with Gasteiger partial charge < -0.3 is 10.2 Å². The Morgan fingerprint density at radius 1 is 1.14 bits per heavy atom. The van der Waals surface area contributed by atoms with E-state index in [0.29, 0.717) is 5.41 Å². The zero-order valence-corrected chi connectivity index (χ0v) is 9.84. The molecule has 1 N–H and O–H groups in total. The lowest BCUT2D eigenvalue weighted by Crippen LogP contribution is -2.53. The molecule has 2 nitrogen and oxygen atoms in total. The number of nitrogens with zero attached hydrogens (tertiary/aromatic N) is 1. The van der Waals surface area contributed by atoms with Crippen LogP contribution in [0.3, 0.4) is 0 Å². The normalized spacial score (nSPS) is 30.2. The predicted octanol–water partition coefficient (Wildman–Crippen LogP) is 1.86. The molecular weight excluding hydrogens is 172 g/mol. The van der Waals surface area contributed by atoms with Gasteiger partial charge in [0.25, 0.3) is 0 Å². The maximum Gasteiger partial charge on any atom is 0.0105 e. The molecule has 1 aliphatic heterocycles. The van der Waals surface area contributed by atoms with Crippen LogP contribution in [0, 0.1) is 5.41 Å². The van der Waals surface area contributed by atoms with Gasteiger partial charge in [0.05, 0.1) is 0 Å². The molecule has 2 rings (SSSR count). The topological polar surface area (TPSA) is 15.3 Å². The fourth-order valence-electron chi connectivity index (χ4n) is 3.03. The first-order valence-corrected chi connectivity index (χ1v) is 6.02. The van der Waals surface area contributed by atoms with Crippen LogP contribution in [0.5, 0.6) is 0 Å². The van der Waals surface area contributed by atoms with Gasteiger partial charge in [0.2, 0.25) is 0 Å². The van der Waals surface area contributed by atoms with E-state index in [9.17, 15) is 0 Å².